The van der Waals surface area contributed by atoms with E-state index in [1.165, 1.54) is 12.0 Å². The van der Waals surface area contributed by atoms with Crippen molar-refractivity contribution < 1.29 is 14.3 Å². The molecule has 0 aliphatic carbocycles. The molecule has 8 heteroatoms. The Morgan fingerprint density at radius 1 is 1.15 bits per heavy atom. The van der Waals surface area contributed by atoms with E-state index in [0.29, 0.717) is 36.1 Å². The van der Waals surface area contributed by atoms with Crippen LogP contribution in [-0.2, 0) is 9.53 Å². The fraction of sp³-hybridized carbons (Fsp3) is 0.0556. The number of thioether (sulfide) groups is 1. The van der Waals surface area contributed by atoms with Crippen LogP contribution in [0.3, 0.4) is 0 Å². The lowest BCUT2D eigenvalue weighted by atomic mass is 10.2. The van der Waals surface area contributed by atoms with E-state index in [1.807, 2.05) is 0 Å². The van der Waals surface area contributed by atoms with Crippen molar-refractivity contribution in [1.82, 2.24) is 0 Å². The van der Waals surface area contributed by atoms with Crippen LogP contribution in [-0.4, -0.2) is 23.3 Å². The van der Waals surface area contributed by atoms with E-state index in [-0.39, 0.29) is 5.91 Å². The van der Waals surface area contributed by atoms with E-state index < -0.39 is 5.97 Å². The third-order valence-corrected chi connectivity index (χ3v) is 5.58. The molecule has 0 aromatic heterocycles. The SMILES string of the molecule is COC(=O)c1ccc(N2C(=O)/C(=C/c3c(Cl)cccc3Cl)SC2=S)cc1. The summed E-state index contributed by atoms with van der Waals surface area (Å²) in [6.45, 7) is 0. The third kappa shape index (κ3) is 3.64. The molecule has 0 radical (unpaired) electrons. The van der Waals surface area contributed by atoms with Gasteiger partial charge in [0, 0.05) is 15.6 Å². The van der Waals surface area contributed by atoms with Gasteiger partial charge in [-0.05, 0) is 42.5 Å². The zero-order chi connectivity index (χ0) is 18.8. The normalized spacial score (nSPS) is 15.7. The molecule has 1 aliphatic heterocycles. The van der Waals surface area contributed by atoms with Crippen molar-refractivity contribution in [3.05, 3.63) is 68.5 Å². The van der Waals surface area contributed by atoms with E-state index in [4.69, 9.17) is 35.4 Å². The van der Waals surface area contributed by atoms with Crippen LogP contribution in [0.25, 0.3) is 6.08 Å². The number of halogens is 2. The molecule has 0 bridgehead atoms. The number of ether oxygens (including phenoxy) is 1. The largest absolute Gasteiger partial charge is 0.465 e. The van der Waals surface area contributed by atoms with Crippen molar-refractivity contribution in [2.75, 3.05) is 12.0 Å². The number of thiocarbonyl (C=S) groups is 1. The summed E-state index contributed by atoms with van der Waals surface area (Å²) in [6.07, 6.45) is 1.63. The minimum atomic E-state index is -0.449. The van der Waals surface area contributed by atoms with Crippen molar-refractivity contribution in [1.29, 1.82) is 0 Å². The Morgan fingerprint density at radius 3 is 2.35 bits per heavy atom. The van der Waals surface area contributed by atoms with Crippen molar-refractivity contribution in [3.63, 3.8) is 0 Å². The molecule has 0 atom stereocenters. The van der Waals surface area contributed by atoms with Gasteiger partial charge < -0.3 is 4.74 Å². The Labute approximate surface area is 169 Å². The first-order chi connectivity index (χ1) is 12.4. The van der Waals surface area contributed by atoms with E-state index in [2.05, 4.69) is 4.74 Å². The van der Waals surface area contributed by atoms with Gasteiger partial charge in [-0.1, -0.05) is 53.2 Å². The standard InChI is InChI=1S/C18H11Cl2NO3S2/c1-24-17(23)10-5-7-11(8-6-10)21-16(22)15(26-18(21)25)9-12-13(19)3-2-4-14(12)20/h2-9H,1H3/b15-9-. The van der Waals surface area contributed by atoms with Gasteiger partial charge in [0.1, 0.15) is 0 Å². The van der Waals surface area contributed by atoms with Gasteiger partial charge in [-0.2, -0.15) is 0 Å². The maximum Gasteiger partial charge on any atom is 0.337 e. The number of benzene rings is 2. The molecule has 2 aromatic rings. The second-order valence-electron chi connectivity index (χ2n) is 5.19. The number of anilines is 1. The van der Waals surface area contributed by atoms with Crippen LogP contribution in [0.15, 0.2) is 47.4 Å². The predicted molar refractivity (Wildman–Crippen MR) is 110 cm³/mol. The van der Waals surface area contributed by atoms with Crippen LogP contribution in [0.5, 0.6) is 0 Å². The van der Waals surface area contributed by atoms with E-state index in [0.717, 1.165) is 11.8 Å². The quantitative estimate of drug-likeness (QED) is 0.386. The van der Waals surface area contributed by atoms with Crippen molar-refractivity contribution >= 4 is 75.1 Å². The highest BCUT2D eigenvalue weighted by molar-refractivity contribution is 8.27. The number of carbonyl (C=O) groups is 2. The summed E-state index contributed by atoms with van der Waals surface area (Å²) >= 11 is 18.8. The van der Waals surface area contributed by atoms with Crippen molar-refractivity contribution in [3.8, 4) is 0 Å². The van der Waals surface area contributed by atoms with Crippen molar-refractivity contribution in [2.45, 2.75) is 0 Å². The van der Waals surface area contributed by atoms with Gasteiger partial charge >= 0.3 is 5.97 Å². The molecular weight excluding hydrogens is 413 g/mol. The molecule has 1 amide bonds. The zero-order valence-corrected chi connectivity index (χ0v) is 16.5. The number of rotatable bonds is 3. The molecular formula is C18H11Cl2NO3S2. The second-order valence-corrected chi connectivity index (χ2v) is 7.68. The first-order valence-electron chi connectivity index (χ1n) is 7.32. The summed E-state index contributed by atoms with van der Waals surface area (Å²) in [5.74, 6) is -0.725. The highest BCUT2D eigenvalue weighted by Gasteiger charge is 2.33. The molecule has 0 N–H and O–H groups in total. The molecule has 26 heavy (non-hydrogen) atoms. The topological polar surface area (TPSA) is 46.6 Å². The molecule has 1 saturated heterocycles. The molecule has 0 spiro atoms. The monoisotopic (exact) mass is 423 g/mol. The lowest BCUT2D eigenvalue weighted by Gasteiger charge is -2.14. The number of amides is 1. The number of nitrogens with zero attached hydrogens (tertiary/aromatic N) is 1. The molecule has 3 rings (SSSR count). The number of hydrogen-bond acceptors (Lipinski definition) is 5. The Balaban J connectivity index is 1.92. The van der Waals surface area contributed by atoms with Gasteiger partial charge in [-0.3, -0.25) is 9.69 Å². The minimum Gasteiger partial charge on any atom is -0.465 e. The molecule has 1 aliphatic rings. The van der Waals surface area contributed by atoms with Gasteiger partial charge in [-0.15, -0.1) is 0 Å². The number of hydrogen-bond donors (Lipinski definition) is 0. The summed E-state index contributed by atoms with van der Waals surface area (Å²) in [6, 6.07) is 11.6. The minimum absolute atomic E-state index is 0.276. The predicted octanol–water partition coefficient (Wildman–Crippen LogP) is 5.19. The molecule has 0 unspecified atom stereocenters. The van der Waals surface area contributed by atoms with E-state index in [9.17, 15) is 9.59 Å². The van der Waals surface area contributed by atoms with Gasteiger partial charge in [-0.25, -0.2) is 4.79 Å². The molecule has 0 saturated carbocycles. The summed E-state index contributed by atoms with van der Waals surface area (Å²) in [5, 5.41) is 0.899. The first-order valence-corrected chi connectivity index (χ1v) is 9.31. The molecule has 4 nitrogen and oxygen atoms in total. The van der Waals surface area contributed by atoms with Crippen molar-refractivity contribution in [2.24, 2.45) is 0 Å². The highest BCUT2D eigenvalue weighted by atomic mass is 35.5. The Bertz CT molecular complexity index is 922. The third-order valence-electron chi connectivity index (χ3n) is 3.62. The second kappa shape index (κ2) is 7.80. The Kier molecular flexibility index (Phi) is 5.67. The van der Waals surface area contributed by atoms with Crippen LogP contribution in [0.2, 0.25) is 10.0 Å². The lowest BCUT2D eigenvalue weighted by Crippen LogP contribution is -2.27. The zero-order valence-electron chi connectivity index (χ0n) is 13.4. The molecule has 2 aromatic carbocycles. The highest BCUT2D eigenvalue weighted by Crippen LogP contribution is 2.38. The van der Waals surface area contributed by atoms with E-state index in [1.54, 1.807) is 48.5 Å². The van der Waals surface area contributed by atoms with E-state index >= 15 is 0 Å². The summed E-state index contributed by atoms with van der Waals surface area (Å²) in [7, 11) is 1.31. The average Bonchev–Trinajstić information content (AvgIpc) is 2.91. The van der Waals surface area contributed by atoms with Crippen LogP contribution in [0, 0.1) is 0 Å². The van der Waals surface area contributed by atoms with Gasteiger partial charge in [0.15, 0.2) is 4.32 Å². The number of esters is 1. The summed E-state index contributed by atoms with van der Waals surface area (Å²) in [5.41, 5.74) is 1.52. The molecule has 1 fully saturated rings. The van der Waals surface area contributed by atoms with Gasteiger partial charge in [0.05, 0.1) is 23.3 Å². The molecule has 132 valence electrons. The van der Waals surface area contributed by atoms with Gasteiger partial charge in [0.2, 0.25) is 0 Å². The average molecular weight is 424 g/mol. The summed E-state index contributed by atoms with van der Waals surface area (Å²) < 4.78 is 5.05. The Morgan fingerprint density at radius 2 is 1.77 bits per heavy atom. The maximum absolute atomic E-state index is 12.8. The Hall–Kier alpha value is -1.86. The maximum atomic E-state index is 12.8. The fourth-order valence-corrected chi connectivity index (χ4v) is 4.12. The first kappa shape index (κ1) is 18.9. The van der Waals surface area contributed by atoms with Gasteiger partial charge in [0.25, 0.3) is 5.91 Å². The number of methoxy groups -OCH3 is 1. The fourth-order valence-electron chi connectivity index (χ4n) is 2.33. The smallest absolute Gasteiger partial charge is 0.337 e. The summed E-state index contributed by atoms with van der Waals surface area (Å²) in [4.78, 5) is 26.1. The van der Waals surface area contributed by atoms with Crippen LogP contribution in [0.4, 0.5) is 5.69 Å². The van der Waals surface area contributed by atoms with Crippen LogP contribution < -0.4 is 4.90 Å². The molecule has 1 heterocycles. The van der Waals surface area contributed by atoms with Crippen LogP contribution in [0.1, 0.15) is 15.9 Å². The van der Waals surface area contributed by atoms with Crippen LogP contribution >= 0.6 is 47.2 Å². The lowest BCUT2D eigenvalue weighted by molar-refractivity contribution is -0.113. The number of carbonyl (C=O) groups excluding carboxylic acids is 2.